The molecule has 0 fully saturated rings. The summed E-state index contributed by atoms with van der Waals surface area (Å²) >= 11 is 3.37. The number of Topliss-reactive ketones (excluding diaryl/α,β-unsaturated/α-hetero) is 2. The maximum atomic E-state index is 12.6. The average Bonchev–Trinajstić information content (AvgIpc) is 3.88. The molecule has 0 aliphatic carbocycles. The van der Waals surface area contributed by atoms with Crippen LogP contribution in [0.5, 0.6) is 11.5 Å². The van der Waals surface area contributed by atoms with Crippen LogP contribution in [-0.2, 0) is 25.6 Å². The van der Waals surface area contributed by atoms with E-state index < -0.39 is 30.6 Å². The van der Waals surface area contributed by atoms with Crippen molar-refractivity contribution in [2.24, 2.45) is 0 Å². The predicted molar refractivity (Wildman–Crippen MR) is 233 cm³/mol. The van der Waals surface area contributed by atoms with E-state index in [1.54, 1.807) is 24.3 Å². The minimum Gasteiger partial charge on any atom is -0.486 e. The Bertz CT molecular complexity index is 2880. The first-order valence-corrected chi connectivity index (χ1v) is 19.9. The number of ketones is 2. The summed E-state index contributed by atoms with van der Waals surface area (Å²) in [5.74, 6) is 1.64. The monoisotopic (exact) mass is 944 g/mol. The van der Waals surface area contributed by atoms with E-state index in [0.717, 1.165) is 61.9 Å². The second-order valence-electron chi connectivity index (χ2n) is 14.0. The molecule has 0 aliphatic heterocycles. The molecule has 0 amide bonds. The van der Waals surface area contributed by atoms with Gasteiger partial charge in [-0.25, -0.2) is 9.97 Å². The summed E-state index contributed by atoms with van der Waals surface area (Å²) in [5.41, 5.74) is 4.71. The molecule has 328 valence electrons. The number of nitrogens with one attached hydrogen (secondary N) is 2. The van der Waals surface area contributed by atoms with Gasteiger partial charge >= 0.3 is 19.5 Å². The maximum Gasteiger partial charge on any atom is 0.489 e. The maximum absolute atomic E-state index is 12.6. The molecule has 2 heterocycles. The van der Waals surface area contributed by atoms with Crippen LogP contribution in [0.4, 0.5) is 26.3 Å². The van der Waals surface area contributed by atoms with Crippen LogP contribution in [0, 0.1) is 0 Å². The highest BCUT2D eigenvalue weighted by Gasteiger charge is 2.31. The first-order chi connectivity index (χ1) is 30.3. The summed E-state index contributed by atoms with van der Waals surface area (Å²) < 4.78 is 87.2. The summed E-state index contributed by atoms with van der Waals surface area (Å²) in [7, 11) is -1.58. The van der Waals surface area contributed by atoms with Gasteiger partial charge in [0.2, 0.25) is 0 Å². The molecule has 8 rings (SSSR count). The van der Waals surface area contributed by atoms with E-state index >= 15 is 0 Å². The van der Waals surface area contributed by atoms with Crippen LogP contribution in [-0.4, -0.2) is 48.7 Å². The summed E-state index contributed by atoms with van der Waals surface area (Å²) in [4.78, 5) is 37.9. The van der Waals surface area contributed by atoms with Crippen LogP contribution in [0.25, 0.3) is 33.2 Å². The van der Waals surface area contributed by atoms with Crippen LogP contribution < -0.4 is 14.9 Å². The number of aromatic nitrogens is 4. The third kappa shape index (κ3) is 12.2. The van der Waals surface area contributed by atoms with Gasteiger partial charge in [-0.05, 0) is 109 Å². The number of H-pyrrole nitrogens is 2. The van der Waals surface area contributed by atoms with E-state index in [2.05, 4.69) is 35.9 Å². The van der Waals surface area contributed by atoms with Gasteiger partial charge < -0.3 is 29.5 Å². The Morgan fingerprint density at radius 2 is 1.06 bits per heavy atom. The Hall–Kier alpha value is -6.76. The van der Waals surface area contributed by atoms with Crippen LogP contribution in [0.2, 0.25) is 0 Å². The second kappa shape index (κ2) is 20.2. The van der Waals surface area contributed by atoms with Crippen molar-refractivity contribution < 1.29 is 55.5 Å². The molecule has 6 aromatic carbocycles. The van der Waals surface area contributed by atoms with Crippen LogP contribution >= 0.6 is 15.9 Å². The number of imidazole rings is 2. The van der Waals surface area contributed by atoms with Gasteiger partial charge in [0.25, 0.3) is 0 Å². The Morgan fingerprint density at radius 1 is 0.609 bits per heavy atom. The SMILES string of the molecule is CC(=O)c1ccccc1-c1ccc2nc(COc3ccc(C(F)(F)F)cc3)[nH]c2c1.CC(=O)c1ccccc1B(O)O.FC(F)(F)c1ccc(OCc2nc3ccc(Br)cc3[nH]2)cc1. The molecule has 0 bridgehead atoms. The van der Waals surface area contributed by atoms with Crippen molar-refractivity contribution in [3.05, 3.63) is 172 Å². The van der Waals surface area contributed by atoms with E-state index in [9.17, 15) is 35.9 Å². The summed E-state index contributed by atoms with van der Waals surface area (Å²) in [6.07, 6.45) is -8.72. The summed E-state index contributed by atoms with van der Waals surface area (Å²) in [6.45, 7) is 3.16. The first kappa shape index (κ1) is 46.7. The lowest BCUT2D eigenvalue weighted by atomic mass is 9.76. The summed E-state index contributed by atoms with van der Waals surface area (Å²) in [6, 6.07) is 34.2. The smallest absolute Gasteiger partial charge is 0.486 e. The number of ether oxygens (including phenoxy) is 2. The van der Waals surface area contributed by atoms with Gasteiger partial charge in [0.05, 0.1) is 33.2 Å². The fourth-order valence-electron chi connectivity index (χ4n) is 6.27. The number of hydrogen-bond acceptors (Lipinski definition) is 8. The van der Waals surface area contributed by atoms with E-state index in [1.807, 2.05) is 54.6 Å². The van der Waals surface area contributed by atoms with Gasteiger partial charge in [-0.2, -0.15) is 26.3 Å². The van der Waals surface area contributed by atoms with Gasteiger partial charge in [-0.1, -0.05) is 70.5 Å². The molecular formula is C46H36BBrF6N4O6. The first-order valence-electron chi connectivity index (χ1n) is 19.1. The molecule has 8 aromatic rings. The number of carbonyl (C=O) groups is 2. The van der Waals surface area contributed by atoms with Gasteiger partial charge in [0.15, 0.2) is 11.6 Å². The second-order valence-corrected chi connectivity index (χ2v) is 14.9. The zero-order chi connectivity index (χ0) is 46.2. The van der Waals surface area contributed by atoms with Gasteiger partial charge in [0.1, 0.15) is 36.4 Å². The number of rotatable bonds is 10. The van der Waals surface area contributed by atoms with Crippen molar-refractivity contribution in [3.63, 3.8) is 0 Å². The Morgan fingerprint density at radius 3 is 1.53 bits per heavy atom. The van der Waals surface area contributed by atoms with E-state index in [0.29, 0.717) is 34.3 Å². The topological polar surface area (TPSA) is 150 Å². The van der Waals surface area contributed by atoms with Crippen molar-refractivity contribution >= 4 is 62.1 Å². The number of nitrogens with zero attached hydrogens (tertiary/aromatic N) is 2. The Balaban J connectivity index is 0.000000175. The molecule has 0 saturated carbocycles. The van der Waals surface area contributed by atoms with Crippen molar-refractivity contribution in [2.75, 3.05) is 0 Å². The number of halogens is 7. The van der Waals surface area contributed by atoms with Crippen molar-refractivity contribution in [2.45, 2.75) is 39.4 Å². The molecule has 64 heavy (non-hydrogen) atoms. The van der Waals surface area contributed by atoms with Gasteiger partial charge in [-0.15, -0.1) is 0 Å². The molecular weight excluding hydrogens is 909 g/mol. The zero-order valence-electron chi connectivity index (χ0n) is 33.8. The van der Waals surface area contributed by atoms with Gasteiger partial charge in [0, 0.05) is 15.6 Å². The lowest BCUT2D eigenvalue weighted by Gasteiger charge is -2.08. The van der Waals surface area contributed by atoms with Crippen molar-refractivity contribution in [3.8, 4) is 22.6 Å². The molecule has 4 N–H and O–H groups in total. The molecule has 2 aromatic heterocycles. The molecule has 0 aliphatic rings. The lowest BCUT2D eigenvalue weighted by molar-refractivity contribution is -0.138. The highest BCUT2D eigenvalue weighted by atomic mass is 79.9. The molecule has 18 heteroatoms. The largest absolute Gasteiger partial charge is 0.489 e. The summed E-state index contributed by atoms with van der Waals surface area (Å²) in [5, 5.41) is 17.7. The van der Waals surface area contributed by atoms with E-state index in [1.165, 1.54) is 44.2 Å². The van der Waals surface area contributed by atoms with Crippen molar-refractivity contribution in [1.29, 1.82) is 0 Å². The quantitative estimate of drug-likeness (QED) is 0.0601. The normalized spacial score (nSPS) is 11.3. The third-order valence-corrected chi connectivity index (χ3v) is 9.87. The molecule has 10 nitrogen and oxygen atoms in total. The molecule has 0 radical (unpaired) electrons. The van der Waals surface area contributed by atoms with Crippen LogP contribution in [0.3, 0.4) is 0 Å². The molecule has 0 unspecified atom stereocenters. The van der Waals surface area contributed by atoms with Gasteiger partial charge in [-0.3, -0.25) is 9.59 Å². The fraction of sp³-hybridized carbons (Fsp3) is 0.130. The van der Waals surface area contributed by atoms with Crippen LogP contribution in [0.1, 0.15) is 57.3 Å². The molecule has 0 spiro atoms. The highest BCUT2D eigenvalue weighted by Crippen LogP contribution is 2.32. The number of fused-ring (bicyclic) bond motifs is 2. The molecule has 0 atom stereocenters. The standard InChI is InChI=1S/C23H17F3N2O2.C15H10BrF3N2O.C8H9BO3/c1-14(29)18-4-2-3-5-19(18)15-6-11-20-21(12-15)28-22(27-20)13-30-17-9-7-16(8-10-17)23(24,25)26;16-10-3-6-12-13(7-10)21-14(20-12)8-22-11-4-1-9(2-5-11)15(17,18)19;1-6(10)7-4-2-3-5-8(7)9(11)12/h2-12H,13H2,1H3,(H,27,28);1-7H,8H2,(H,20,21);2-5,11-12H,1H3. The van der Waals surface area contributed by atoms with Crippen LogP contribution in [0.15, 0.2) is 138 Å². The number of alkyl halides is 6. The number of carbonyl (C=O) groups excluding carboxylic acids is 2. The Labute approximate surface area is 370 Å². The average molecular weight is 946 g/mol. The third-order valence-electron chi connectivity index (χ3n) is 9.37. The highest BCUT2D eigenvalue weighted by molar-refractivity contribution is 9.10. The lowest BCUT2D eigenvalue weighted by Crippen LogP contribution is -2.34. The number of benzene rings is 6. The minimum atomic E-state index is -4.38. The minimum absolute atomic E-state index is 0.0130. The molecule has 0 saturated heterocycles. The van der Waals surface area contributed by atoms with Crippen molar-refractivity contribution in [1.82, 2.24) is 19.9 Å². The fourth-order valence-corrected chi connectivity index (χ4v) is 6.63. The number of hydrogen-bond donors (Lipinski definition) is 4. The van der Waals surface area contributed by atoms with E-state index in [-0.39, 0.29) is 30.2 Å². The van der Waals surface area contributed by atoms with E-state index in [4.69, 9.17) is 19.5 Å². The predicted octanol–water partition coefficient (Wildman–Crippen LogP) is 10.5. The Kier molecular flexibility index (Phi) is 14.7. The zero-order valence-corrected chi connectivity index (χ0v) is 35.3. The number of aromatic amines is 2.